The Kier molecular flexibility index (Phi) is 4.01. The molecule has 24 heavy (non-hydrogen) atoms. The van der Waals surface area contributed by atoms with Crippen LogP contribution in [0.25, 0.3) is 0 Å². The molecule has 2 aromatic rings. The van der Waals surface area contributed by atoms with Gasteiger partial charge in [-0.15, -0.1) is 11.8 Å². The molecule has 0 aromatic heterocycles. The Labute approximate surface area is 143 Å². The molecule has 0 spiro atoms. The van der Waals surface area contributed by atoms with Gasteiger partial charge < -0.3 is 10.2 Å². The van der Waals surface area contributed by atoms with Crippen molar-refractivity contribution in [2.75, 3.05) is 10.7 Å². The zero-order valence-electron chi connectivity index (χ0n) is 13.3. The summed E-state index contributed by atoms with van der Waals surface area (Å²) in [6.45, 7) is 3.74. The molecule has 0 bridgehead atoms. The van der Waals surface area contributed by atoms with E-state index in [4.69, 9.17) is 0 Å². The Balaban J connectivity index is 2.21. The van der Waals surface area contributed by atoms with Crippen LogP contribution in [0.4, 0.5) is 5.69 Å². The monoisotopic (exact) mass is 343 g/mol. The van der Waals surface area contributed by atoms with Gasteiger partial charge in [0.15, 0.2) is 0 Å². The number of aromatic hydroxyl groups is 1. The first kappa shape index (κ1) is 16.4. The van der Waals surface area contributed by atoms with Crippen LogP contribution in [-0.2, 0) is 9.67 Å². The molecular weight excluding hydrogens is 326 g/mol. The maximum atomic E-state index is 12.6. The number of benzene rings is 2. The second-order valence-electron chi connectivity index (χ2n) is 5.84. The number of amides is 1. The van der Waals surface area contributed by atoms with Gasteiger partial charge in [-0.2, -0.15) is 0 Å². The van der Waals surface area contributed by atoms with Crippen LogP contribution in [0.3, 0.4) is 0 Å². The van der Waals surface area contributed by atoms with Crippen LogP contribution in [0, 0.1) is 6.92 Å². The Morgan fingerprint density at radius 3 is 2.67 bits per heavy atom. The predicted molar refractivity (Wildman–Crippen MR) is 93.5 cm³/mol. The van der Waals surface area contributed by atoms with E-state index in [1.54, 1.807) is 30.3 Å². The molecule has 6 heteroatoms. The van der Waals surface area contributed by atoms with Gasteiger partial charge in [-0.1, -0.05) is 23.8 Å². The average Bonchev–Trinajstić information content (AvgIpc) is 2.85. The van der Waals surface area contributed by atoms with Gasteiger partial charge in [0, 0.05) is 5.56 Å². The first-order valence-electron chi connectivity index (χ1n) is 7.44. The summed E-state index contributed by atoms with van der Waals surface area (Å²) >= 11 is 1.38. The SMILES string of the molecule is Cc1ccc(O)c(C2(C)SCC(=O)N2c2ccccc2C(=O)O)c1. The summed E-state index contributed by atoms with van der Waals surface area (Å²) in [5.41, 5.74) is 1.95. The minimum Gasteiger partial charge on any atom is -0.508 e. The highest BCUT2D eigenvalue weighted by Crippen LogP contribution is 2.50. The highest BCUT2D eigenvalue weighted by molar-refractivity contribution is 8.01. The fraction of sp³-hybridized carbons (Fsp3) is 0.222. The number of anilines is 1. The van der Waals surface area contributed by atoms with E-state index in [1.165, 1.54) is 22.7 Å². The van der Waals surface area contributed by atoms with Gasteiger partial charge in [0.25, 0.3) is 0 Å². The van der Waals surface area contributed by atoms with Crippen LogP contribution in [0.2, 0.25) is 0 Å². The lowest BCUT2D eigenvalue weighted by atomic mass is 10.0. The van der Waals surface area contributed by atoms with Gasteiger partial charge in [-0.05, 0) is 38.1 Å². The van der Waals surface area contributed by atoms with E-state index in [-0.39, 0.29) is 23.0 Å². The van der Waals surface area contributed by atoms with Crippen molar-refractivity contribution < 1.29 is 19.8 Å². The van der Waals surface area contributed by atoms with E-state index in [1.807, 2.05) is 19.9 Å². The van der Waals surface area contributed by atoms with Crippen LogP contribution in [0.1, 0.15) is 28.4 Å². The number of aryl methyl sites for hydroxylation is 1. The van der Waals surface area contributed by atoms with Crippen molar-refractivity contribution in [1.29, 1.82) is 0 Å². The van der Waals surface area contributed by atoms with Gasteiger partial charge in [0.2, 0.25) is 5.91 Å². The third kappa shape index (κ3) is 2.53. The number of thioether (sulfide) groups is 1. The van der Waals surface area contributed by atoms with Crippen molar-refractivity contribution in [2.24, 2.45) is 0 Å². The molecule has 1 atom stereocenters. The topological polar surface area (TPSA) is 77.8 Å². The smallest absolute Gasteiger partial charge is 0.337 e. The minimum atomic E-state index is -1.09. The van der Waals surface area contributed by atoms with Crippen LogP contribution >= 0.6 is 11.8 Å². The summed E-state index contributed by atoms with van der Waals surface area (Å²) in [6, 6.07) is 11.6. The van der Waals surface area contributed by atoms with Crippen molar-refractivity contribution in [3.8, 4) is 5.75 Å². The van der Waals surface area contributed by atoms with E-state index >= 15 is 0 Å². The second-order valence-corrected chi connectivity index (χ2v) is 7.22. The molecule has 5 nitrogen and oxygen atoms in total. The molecule has 1 saturated heterocycles. The van der Waals surface area contributed by atoms with Gasteiger partial charge >= 0.3 is 5.97 Å². The number of carboxylic acid groups (broad SMARTS) is 1. The molecule has 1 unspecified atom stereocenters. The maximum absolute atomic E-state index is 12.6. The summed E-state index contributed by atoms with van der Waals surface area (Å²) in [6.07, 6.45) is 0. The number of nitrogens with zero attached hydrogens (tertiary/aromatic N) is 1. The summed E-state index contributed by atoms with van der Waals surface area (Å²) in [5, 5.41) is 19.8. The van der Waals surface area contributed by atoms with Gasteiger partial charge in [-0.3, -0.25) is 9.69 Å². The predicted octanol–water partition coefficient (Wildman–Crippen LogP) is 3.35. The molecule has 1 amide bonds. The first-order chi connectivity index (χ1) is 11.3. The van der Waals surface area contributed by atoms with Crippen molar-refractivity contribution in [3.05, 3.63) is 59.2 Å². The van der Waals surface area contributed by atoms with Crippen LogP contribution < -0.4 is 4.90 Å². The van der Waals surface area contributed by atoms with E-state index in [0.29, 0.717) is 11.3 Å². The molecular formula is C18H17NO4S. The molecule has 2 aromatic carbocycles. The Hall–Kier alpha value is -2.47. The lowest BCUT2D eigenvalue weighted by Crippen LogP contribution is -2.41. The number of phenols is 1. The lowest BCUT2D eigenvalue weighted by molar-refractivity contribution is -0.116. The molecule has 0 saturated carbocycles. The first-order valence-corrected chi connectivity index (χ1v) is 8.42. The average molecular weight is 343 g/mol. The number of carbonyl (C=O) groups excluding carboxylic acids is 1. The van der Waals surface area contributed by atoms with E-state index in [9.17, 15) is 19.8 Å². The highest BCUT2D eigenvalue weighted by Gasteiger charge is 2.47. The number of carbonyl (C=O) groups is 2. The number of phenolic OH excluding ortho intramolecular Hbond substituents is 1. The van der Waals surface area contributed by atoms with Crippen LogP contribution in [0.5, 0.6) is 5.75 Å². The fourth-order valence-electron chi connectivity index (χ4n) is 3.00. The number of para-hydroxylation sites is 1. The summed E-state index contributed by atoms with van der Waals surface area (Å²) in [7, 11) is 0. The third-order valence-corrected chi connectivity index (χ3v) is 5.54. The van der Waals surface area contributed by atoms with E-state index in [0.717, 1.165) is 5.56 Å². The summed E-state index contributed by atoms with van der Waals surface area (Å²) < 4.78 is 0. The van der Waals surface area contributed by atoms with Crippen molar-refractivity contribution >= 4 is 29.3 Å². The second kappa shape index (κ2) is 5.87. The fourth-order valence-corrected chi connectivity index (χ4v) is 4.18. The number of carboxylic acids is 1. The van der Waals surface area contributed by atoms with Gasteiger partial charge in [0.1, 0.15) is 10.6 Å². The van der Waals surface area contributed by atoms with Crippen molar-refractivity contribution in [2.45, 2.75) is 18.7 Å². The lowest BCUT2D eigenvalue weighted by Gasteiger charge is -2.36. The molecule has 1 fully saturated rings. The molecule has 1 aliphatic heterocycles. The quantitative estimate of drug-likeness (QED) is 0.893. The molecule has 1 heterocycles. The number of hydrogen-bond acceptors (Lipinski definition) is 4. The molecule has 2 N–H and O–H groups in total. The number of aromatic carboxylic acids is 1. The van der Waals surface area contributed by atoms with E-state index < -0.39 is 10.8 Å². The minimum absolute atomic E-state index is 0.0618. The largest absolute Gasteiger partial charge is 0.508 e. The zero-order valence-corrected chi connectivity index (χ0v) is 14.1. The van der Waals surface area contributed by atoms with Crippen LogP contribution in [0.15, 0.2) is 42.5 Å². The summed E-state index contributed by atoms with van der Waals surface area (Å²) in [4.78, 5) is 24.7. The molecule has 3 rings (SSSR count). The van der Waals surface area contributed by atoms with E-state index in [2.05, 4.69) is 0 Å². The molecule has 1 aliphatic rings. The molecule has 124 valence electrons. The Bertz CT molecular complexity index is 836. The third-order valence-electron chi connectivity index (χ3n) is 4.18. The molecule has 0 aliphatic carbocycles. The number of rotatable bonds is 3. The summed E-state index contributed by atoms with van der Waals surface area (Å²) in [5.74, 6) is -0.969. The standard InChI is InChI=1S/C18H17NO4S/c1-11-7-8-15(20)13(9-11)18(2)19(16(21)10-24-18)14-6-4-3-5-12(14)17(22)23/h3-9,20H,10H2,1-2H3,(H,22,23). The number of hydrogen-bond donors (Lipinski definition) is 2. The Morgan fingerprint density at radius 1 is 1.25 bits per heavy atom. The maximum Gasteiger partial charge on any atom is 0.337 e. The van der Waals surface area contributed by atoms with Gasteiger partial charge in [-0.25, -0.2) is 4.79 Å². The zero-order chi connectivity index (χ0) is 17.5. The highest BCUT2D eigenvalue weighted by atomic mass is 32.2. The van der Waals surface area contributed by atoms with Crippen LogP contribution in [-0.4, -0.2) is 27.8 Å². The van der Waals surface area contributed by atoms with Crippen molar-refractivity contribution in [3.63, 3.8) is 0 Å². The van der Waals surface area contributed by atoms with Crippen molar-refractivity contribution in [1.82, 2.24) is 0 Å². The Morgan fingerprint density at radius 2 is 1.96 bits per heavy atom. The normalized spacial score (nSPS) is 20.4. The molecule has 0 radical (unpaired) electrons. The van der Waals surface area contributed by atoms with Gasteiger partial charge in [0.05, 0.1) is 17.0 Å².